The lowest BCUT2D eigenvalue weighted by Crippen LogP contribution is -2.12. The Morgan fingerprint density at radius 2 is 1.62 bits per heavy atom. The number of rotatable bonds is 4. The van der Waals surface area contributed by atoms with Crippen molar-refractivity contribution in [2.75, 3.05) is 5.32 Å². The first kappa shape index (κ1) is 14.5. The first-order chi connectivity index (χ1) is 10.1. The molecule has 0 unspecified atom stereocenters. The third-order valence-corrected chi connectivity index (χ3v) is 2.71. The normalized spacial score (nSPS) is 9.76. The highest BCUT2D eigenvalue weighted by molar-refractivity contribution is 6.04. The van der Waals surface area contributed by atoms with Crippen LogP contribution < -0.4 is 10.1 Å². The summed E-state index contributed by atoms with van der Waals surface area (Å²) in [4.78, 5) is 23.3. The molecule has 2 rings (SSSR count). The number of ether oxygens (including phenoxy) is 1. The average molecular weight is 281 g/mol. The molecule has 0 atom stereocenters. The first-order valence-corrected chi connectivity index (χ1v) is 6.40. The van der Waals surface area contributed by atoms with Gasteiger partial charge in [-0.1, -0.05) is 24.8 Å². The van der Waals surface area contributed by atoms with E-state index in [4.69, 9.17) is 4.74 Å². The molecule has 0 bridgehead atoms. The van der Waals surface area contributed by atoms with Crippen molar-refractivity contribution < 1.29 is 14.3 Å². The molecule has 2 aromatic rings. The van der Waals surface area contributed by atoms with E-state index in [-0.39, 0.29) is 5.91 Å². The van der Waals surface area contributed by atoms with Gasteiger partial charge >= 0.3 is 5.97 Å². The van der Waals surface area contributed by atoms with Crippen molar-refractivity contribution in [3.8, 4) is 5.75 Å². The predicted octanol–water partition coefficient (Wildman–Crippen LogP) is 3.42. The van der Waals surface area contributed by atoms with Crippen LogP contribution in [0.3, 0.4) is 0 Å². The second-order valence-electron chi connectivity index (χ2n) is 4.51. The number of nitrogens with one attached hydrogen (secondary N) is 1. The standard InChI is InChI=1S/C17H15NO3/c1-12(2)17(20)21-15-10-8-14(9-11-15)18-16(19)13-6-4-3-5-7-13/h3-11H,1H2,2H3,(H,18,19). The molecule has 21 heavy (non-hydrogen) atoms. The summed E-state index contributed by atoms with van der Waals surface area (Å²) in [7, 11) is 0. The zero-order valence-electron chi connectivity index (χ0n) is 11.6. The molecule has 1 amide bonds. The number of hydrogen-bond donors (Lipinski definition) is 1. The summed E-state index contributed by atoms with van der Waals surface area (Å²) in [5.74, 6) is -0.265. The number of benzene rings is 2. The predicted molar refractivity (Wildman–Crippen MR) is 81.3 cm³/mol. The van der Waals surface area contributed by atoms with Crippen molar-refractivity contribution in [3.05, 3.63) is 72.3 Å². The van der Waals surface area contributed by atoms with Crippen LogP contribution in [-0.4, -0.2) is 11.9 Å². The van der Waals surface area contributed by atoms with Crippen LogP contribution in [0.5, 0.6) is 5.75 Å². The van der Waals surface area contributed by atoms with Crippen molar-refractivity contribution in [2.45, 2.75) is 6.92 Å². The molecule has 0 radical (unpaired) electrons. The highest BCUT2D eigenvalue weighted by Crippen LogP contribution is 2.17. The van der Waals surface area contributed by atoms with Crippen molar-refractivity contribution >= 4 is 17.6 Å². The molecule has 0 saturated carbocycles. The summed E-state index contributed by atoms with van der Waals surface area (Å²) in [6, 6.07) is 15.5. The number of hydrogen-bond acceptors (Lipinski definition) is 3. The summed E-state index contributed by atoms with van der Waals surface area (Å²) >= 11 is 0. The molecule has 4 heteroatoms. The fraction of sp³-hybridized carbons (Fsp3) is 0.0588. The topological polar surface area (TPSA) is 55.4 Å². The zero-order chi connectivity index (χ0) is 15.2. The molecular formula is C17H15NO3. The number of anilines is 1. The van der Waals surface area contributed by atoms with Gasteiger partial charge in [-0.15, -0.1) is 0 Å². The second kappa shape index (κ2) is 6.52. The average Bonchev–Trinajstić information content (AvgIpc) is 2.50. The van der Waals surface area contributed by atoms with Crippen LogP contribution in [0.15, 0.2) is 66.7 Å². The van der Waals surface area contributed by atoms with Crippen molar-refractivity contribution in [3.63, 3.8) is 0 Å². The number of esters is 1. The second-order valence-corrected chi connectivity index (χ2v) is 4.51. The highest BCUT2D eigenvalue weighted by atomic mass is 16.5. The maximum absolute atomic E-state index is 12.0. The molecule has 0 aromatic heterocycles. The van der Waals surface area contributed by atoms with Crippen LogP contribution in [0, 0.1) is 0 Å². The van der Waals surface area contributed by atoms with E-state index in [2.05, 4.69) is 11.9 Å². The third kappa shape index (κ3) is 4.04. The summed E-state index contributed by atoms with van der Waals surface area (Å²) in [5.41, 5.74) is 1.53. The minimum Gasteiger partial charge on any atom is -0.423 e. The Labute approximate surface area is 123 Å². The van der Waals surface area contributed by atoms with E-state index in [1.807, 2.05) is 6.07 Å². The van der Waals surface area contributed by atoms with Gasteiger partial charge in [0.2, 0.25) is 0 Å². The van der Waals surface area contributed by atoms with E-state index in [9.17, 15) is 9.59 Å². The van der Waals surface area contributed by atoms with E-state index < -0.39 is 5.97 Å². The molecule has 106 valence electrons. The Kier molecular flexibility index (Phi) is 4.51. The van der Waals surface area contributed by atoms with Gasteiger partial charge in [-0.3, -0.25) is 4.79 Å². The number of amides is 1. The van der Waals surface area contributed by atoms with E-state index in [0.29, 0.717) is 22.6 Å². The van der Waals surface area contributed by atoms with Gasteiger partial charge in [0, 0.05) is 16.8 Å². The largest absolute Gasteiger partial charge is 0.423 e. The SMILES string of the molecule is C=C(C)C(=O)Oc1ccc(NC(=O)c2ccccc2)cc1. The fourth-order valence-electron chi connectivity index (χ4n) is 1.59. The van der Waals surface area contributed by atoms with Crippen molar-refractivity contribution in [2.24, 2.45) is 0 Å². The van der Waals surface area contributed by atoms with Gasteiger partial charge in [0.15, 0.2) is 0 Å². The van der Waals surface area contributed by atoms with Gasteiger partial charge in [-0.05, 0) is 43.3 Å². The minimum atomic E-state index is -0.476. The summed E-state index contributed by atoms with van der Waals surface area (Å²) in [6.45, 7) is 5.09. The Morgan fingerprint density at radius 1 is 1.00 bits per heavy atom. The molecule has 2 aromatic carbocycles. The quantitative estimate of drug-likeness (QED) is 0.530. The molecule has 0 spiro atoms. The van der Waals surface area contributed by atoms with Crippen molar-refractivity contribution in [1.82, 2.24) is 0 Å². The summed E-state index contributed by atoms with van der Waals surface area (Å²) in [5, 5.41) is 2.76. The van der Waals surface area contributed by atoms with Crippen molar-refractivity contribution in [1.29, 1.82) is 0 Å². The minimum absolute atomic E-state index is 0.192. The van der Waals surface area contributed by atoms with Gasteiger partial charge in [-0.2, -0.15) is 0 Å². The van der Waals surface area contributed by atoms with Gasteiger partial charge < -0.3 is 10.1 Å². The van der Waals surface area contributed by atoms with Crippen LogP contribution in [0.4, 0.5) is 5.69 Å². The van der Waals surface area contributed by atoms with E-state index in [1.165, 1.54) is 0 Å². The molecule has 0 aliphatic rings. The van der Waals surface area contributed by atoms with Gasteiger partial charge in [-0.25, -0.2) is 4.79 Å². The van der Waals surface area contributed by atoms with E-state index >= 15 is 0 Å². The lowest BCUT2D eigenvalue weighted by Gasteiger charge is -2.07. The Hall–Kier alpha value is -2.88. The lowest BCUT2D eigenvalue weighted by molar-refractivity contribution is -0.130. The monoisotopic (exact) mass is 281 g/mol. The molecular weight excluding hydrogens is 266 g/mol. The lowest BCUT2D eigenvalue weighted by atomic mass is 10.2. The van der Waals surface area contributed by atoms with Gasteiger partial charge in [0.25, 0.3) is 5.91 Å². The Bertz CT molecular complexity index is 660. The van der Waals surface area contributed by atoms with Crippen LogP contribution >= 0.6 is 0 Å². The molecule has 4 nitrogen and oxygen atoms in total. The van der Waals surface area contributed by atoms with Crippen LogP contribution in [0.2, 0.25) is 0 Å². The van der Waals surface area contributed by atoms with Crippen LogP contribution in [0.25, 0.3) is 0 Å². The maximum Gasteiger partial charge on any atom is 0.338 e. The van der Waals surface area contributed by atoms with Crippen LogP contribution in [-0.2, 0) is 4.79 Å². The summed E-state index contributed by atoms with van der Waals surface area (Å²) in [6.07, 6.45) is 0. The van der Waals surface area contributed by atoms with Gasteiger partial charge in [0.1, 0.15) is 5.75 Å². The molecule has 0 aliphatic heterocycles. The number of carbonyl (C=O) groups is 2. The Morgan fingerprint density at radius 3 is 2.19 bits per heavy atom. The molecule has 0 heterocycles. The molecule has 0 saturated heterocycles. The van der Waals surface area contributed by atoms with Crippen LogP contribution in [0.1, 0.15) is 17.3 Å². The maximum atomic E-state index is 12.0. The highest BCUT2D eigenvalue weighted by Gasteiger charge is 2.07. The van der Waals surface area contributed by atoms with E-state index in [1.54, 1.807) is 55.5 Å². The van der Waals surface area contributed by atoms with E-state index in [0.717, 1.165) is 0 Å². The Balaban J connectivity index is 2.01. The third-order valence-electron chi connectivity index (χ3n) is 2.71. The molecule has 0 fully saturated rings. The fourth-order valence-corrected chi connectivity index (χ4v) is 1.59. The summed E-state index contributed by atoms with van der Waals surface area (Å²) < 4.78 is 5.07. The number of carbonyl (C=O) groups excluding carboxylic acids is 2. The molecule has 1 N–H and O–H groups in total. The molecule has 0 aliphatic carbocycles. The smallest absolute Gasteiger partial charge is 0.338 e. The van der Waals surface area contributed by atoms with Gasteiger partial charge in [0.05, 0.1) is 0 Å². The first-order valence-electron chi connectivity index (χ1n) is 6.40. The zero-order valence-corrected chi connectivity index (χ0v) is 11.6.